The van der Waals surface area contributed by atoms with Crippen molar-refractivity contribution in [3.8, 4) is 0 Å². The largest absolute Gasteiger partial charge is 0.392 e. The average molecular weight is 447 g/mol. The van der Waals surface area contributed by atoms with E-state index in [0.29, 0.717) is 18.1 Å². The lowest BCUT2D eigenvalue weighted by molar-refractivity contribution is 0.208. The van der Waals surface area contributed by atoms with Crippen LogP contribution >= 0.6 is 11.8 Å². The van der Waals surface area contributed by atoms with Crippen molar-refractivity contribution in [2.45, 2.75) is 39.3 Å². The number of benzene rings is 2. The number of thioether (sulfide) groups is 1. The van der Waals surface area contributed by atoms with Crippen molar-refractivity contribution < 1.29 is 13.5 Å². The van der Waals surface area contributed by atoms with Gasteiger partial charge in [0.25, 0.3) is 0 Å². The summed E-state index contributed by atoms with van der Waals surface area (Å²) >= 11 is 1.50. The van der Waals surface area contributed by atoms with Gasteiger partial charge in [-0.05, 0) is 51.5 Å². The highest BCUT2D eigenvalue weighted by Gasteiger charge is 2.36. The summed E-state index contributed by atoms with van der Waals surface area (Å²) in [5.41, 5.74) is 2.60. The summed E-state index contributed by atoms with van der Waals surface area (Å²) in [4.78, 5) is 0.899. The van der Waals surface area contributed by atoms with E-state index in [-0.39, 0.29) is 0 Å². The van der Waals surface area contributed by atoms with Gasteiger partial charge in [-0.2, -0.15) is 13.1 Å². The maximum Gasteiger partial charge on any atom is 0.302 e. The molecule has 8 heteroatoms. The lowest BCUT2D eigenvalue weighted by Gasteiger charge is -2.28. The first-order valence-corrected chi connectivity index (χ1v) is 12.2. The molecule has 0 aromatic heterocycles. The number of rotatable bonds is 7. The maximum atomic E-state index is 13.2. The number of hydrogen-bond donors (Lipinski definition) is 3. The molecule has 1 heterocycles. The van der Waals surface area contributed by atoms with Crippen molar-refractivity contribution in [2.75, 3.05) is 17.7 Å². The van der Waals surface area contributed by atoms with Gasteiger partial charge in [0.05, 0.1) is 17.7 Å². The normalized spacial score (nSPS) is 16.1. The molecule has 1 radical (unpaired) electrons. The number of nitrogens with one attached hydrogen (secondary N) is 2. The van der Waals surface area contributed by atoms with Crippen LogP contribution in [0.3, 0.4) is 0 Å². The quantitative estimate of drug-likeness (QED) is 0.604. The highest BCUT2D eigenvalue weighted by molar-refractivity contribution is 8.09. The van der Waals surface area contributed by atoms with E-state index in [0.717, 1.165) is 21.7 Å². The minimum atomic E-state index is -3.76. The summed E-state index contributed by atoms with van der Waals surface area (Å²) in [5, 5.41) is 12.8. The predicted molar refractivity (Wildman–Crippen MR) is 125 cm³/mol. The Kier molecular flexibility index (Phi) is 6.81. The van der Waals surface area contributed by atoms with Crippen LogP contribution in [0.1, 0.15) is 38.8 Å². The van der Waals surface area contributed by atoms with Crippen LogP contribution in [-0.4, -0.2) is 41.9 Å². The second-order valence-electron chi connectivity index (χ2n) is 8.26. The molecule has 1 aliphatic rings. The molecule has 30 heavy (non-hydrogen) atoms. The summed E-state index contributed by atoms with van der Waals surface area (Å²) in [7, 11) is -3.76. The van der Waals surface area contributed by atoms with Gasteiger partial charge in [0.15, 0.2) is 0 Å². The van der Waals surface area contributed by atoms with Gasteiger partial charge in [-0.15, -0.1) is 11.8 Å². The van der Waals surface area contributed by atoms with Crippen molar-refractivity contribution in [1.82, 2.24) is 9.03 Å². The summed E-state index contributed by atoms with van der Waals surface area (Å²) in [6.07, 6.45) is -0.487. The minimum Gasteiger partial charge on any atom is -0.392 e. The monoisotopic (exact) mass is 446 g/mol. The van der Waals surface area contributed by atoms with Gasteiger partial charge in [-0.1, -0.05) is 36.4 Å². The SMILES string of the molecule is CC(O)CNc1cccc(C2=C(c3cc[c]cc3)SCN2S(=O)(=O)NC(C)(C)C)c1. The lowest BCUT2D eigenvalue weighted by atomic mass is 10.1. The van der Waals surface area contributed by atoms with Crippen molar-refractivity contribution in [3.05, 3.63) is 65.7 Å². The molecule has 1 aliphatic heterocycles. The van der Waals surface area contributed by atoms with E-state index in [4.69, 9.17) is 0 Å². The summed E-state index contributed by atoms with van der Waals surface area (Å²) in [6.45, 7) is 7.60. The highest BCUT2D eigenvalue weighted by atomic mass is 32.2. The molecular weight excluding hydrogens is 418 g/mol. The number of anilines is 1. The van der Waals surface area contributed by atoms with E-state index < -0.39 is 21.9 Å². The molecule has 6 nitrogen and oxygen atoms in total. The molecule has 0 aliphatic carbocycles. The zero-order valence-electron chi connectivity index (χ0n) is 17.6. The topological polar surface area (TPSA) is 81.7 Å². The third-order valence-corrected chi connectivity index (χ3v) is 7.26. The third-order valence-electron chi connectivity index (χ3n) is 4.23. The second-order valence-corrected chi connectivity index (χ2v) is 10.8. The molecule has 0 fully saturated rings. The van der Waals surface area contributed by atoms with E-state index in [1.165, 1.54) is 16.1 Å². The Morgan fingerprint density at radius 2 is 1.90 bits per heavy atom. The van der Waals surface area contributed by atoms with Gasteiger partial charge in [0, 0.05) is 28.2 Å². The van der Waals surface area contributed by atoms with Gasteiger partial charge in [-0.3, -0.25) is 0 Å². The van der Waals surface area contributed by atoms with E-state index in [9.17, 15) is 13.5 Å². The fraction of sp³-hybridized carbons (Fsp3) is 0.364. The first-order valence-electron chi connectivity index (χ1n) is 9.74. The summed E-state index contributed by atoms with van der Waals surface area (Å²) < 4.78 is 30.6. The highest BCUT2D eigenvalue weighted by Crippen LogP contribution is 2.45. The second kappa shape index (κ2) is 9.01. The van der Waals surface area contributed by atoms with Crippen LogP contribution in [-0.2, 0) is 10.2 Å². The zero-order valence-corrected chi connectivity index (χ0v) is 19.3. The zero-order chi connectivity index (χ0) is 21.9. The van der Waals surface area contributed by atoms with E-state index >= 15 is 0 Å². The maximum absolute atomic E-state index is 13.2. The average Bonchev–Trinajstić information content (AvgIpc) is 3.12. The van der Waals surface area contributed by atoms with Gasteiger partial charge in [0.1, 0.15) is 0 Å². The standard InChI is InChI=1S/C22H28N3O3S2/c1-16(26)14-23-19-12-8-11-18(13-19)20-21(17-9-6-5-7-10-17)29-15-25(20)30(27,28)24-22(2,3)4/h6-13,16,23-24,26H,14-15H2,1-4H3. The lowest BCUT2D eigenvalue weighted by Crippen LogP contribution is -2.47. The molecule has 3 rings (SSSR count). The van der Waals surface area contributed by atoms with Crippen LogP contribution in [0.2, 0.25) is 0 Å². The molecule has 0 bridgehead atoms. The molecule has 0 saturated carbocycles. The van der Waals surface area contributed by atoms with Crippen molar-refractivity contribution in [1.29, 1.82) is 0 Å². The number of hydrogen-bond acceptors (Lipinski definition) is 5. The van der Waals surface area contributed by atoms with Crippen molar-refractivity contribution >= 4 is 38.3 Å². The van der Waals surface area contributed by atoms with Crippen molar-refractivity contribution in [3.63, 3.8) is 0 Å². The van der Waals surface area contributed by atoms with Gasteiger partial charge in [0.2, 0.25) is 0 Å². The molecule has 0 saturated heterocycles. The number of aliphatic hydroxyl groups excluding tert-OH is 1. The summed E-state index contributed by atoms with van der Waals surface area (Å²) in [6, 6.07) is 18.1. The number of nitrogens with zero attached hydrogens (tertiary/aromatic N) is 1. The smallest absolute Gasteiger partial charge is 0.302 e. The Labute approximate surface area is 183 Å². The Morgan fingerprint density at radius 3 is 2.53 bits per heavy atom. The predicted octanol–water partition coefficient (Wildman–Crippen LogP) is 3.74. The molecule has 2 aromatic rings. The Bertz CT molecular complexity index is 1010. The van der Waals surface area contributed by atoms with Gasteiger partial charge in [-0.25, -0.2) is 4.31 Å². The Hall–Kier alpha value is -2.00. The van der Waals surface area contributed by atoms with E-state index in [2.05, 4.69) is 16.1 Å². The molecule has 1 atom stereocenters. The molecular formula is C22H28N3O3S2. The minimum absolute atomic E-state index is 0.292. The van der Waals surface area contributed by atoms with Crippen LogP contribution < -0.4 is 10.0 Å². The molecule has 0 amide bonds. The first-order chi connectivity index (χ1) is 14.1. The molecule has 0 spiro atoms. The fourth-order valence-corrected chi connectivity index (χ4v) is 6.21. The van der Waals surface area contributed by atoms with Crippen LogP contribution in [0.5, 0.6) is 0 Å². The first kappa shape index (κ1) is 22.7. The van der Waals surface area contributed by atoms with Crippen LogP contribution in [0.25, 0.3) is 10.6 Å². The van der Waals surface area contributed by atoms with Gasteiger partial charge >= 0.3 is 10.2 Å². The molecule has 2 aromatic carbocycles. The van der Waals surface area contributed by atoms with Crippen LogP contribution in [0.4, 0.5) is 5.69 Å². The van der Waals surface area contributed by atoms with E-state index in [1.807, 2.05) is 69.3 Å². The van der Waals surface area contributed by atoms with Gasteiger partial charge < -0.3 is 10.4 Å². The molecule has 1 unspecified atom stereocenters. The summed E-state index contributed by atoms with van der Waals surface area (Å²) in [5.74, 6) is 0.292. The Morgan fingerprint density at radius 1 is 1.20 bits per heavy atom. The molecule has 3 N–H and O–H groups in total. The van der Waals surface area contributed by atoms with E-state index in [1.54, 1.807) is 6.92 Å². The van der Waals surface area contributed by atoms with Crippen LogP contribution in [0.15, 0.2) is 48.5 Å². The Balaban J connectivity index is 2.09. The number of aliphatic hydroxyl groups is 1. The third kappa shape index (κ3) is 5.57. The van der Waals surface area contributed by atoms with Crippen LogP contribution in [0, 0.1) is 6.07 Å². The molecule has 161 valence electrons. The van der Waals surface area contributed by atoms with Crippen molar-refractivity contribution in [2.24, 2.45) is 0 Å². The fourth-order valence-electron chi connectivity index (χ4n) is 3.08.